The summed E-state index contributed by atoms with van der Waals surface area (Å²) in [4.78, 5) is 12.4. The third-order valence-corrected chi connectivity index (χ3v) is 3.01. The van der Waals surface area contributed by atoms with Gasteiger partial charge in [0.1, 0.15) is 5.69 Å². The Bertz CT molecular complexity index is 398. The summed E-state index contributed by atoms with van der Waals surface area (Å²) in [7, 11) is 2.00. The molecule has 0 heterocycles. The molecule has 1 aromatic carbocycles. The van der Waals surface area contributed by atoms with Gasteiger partial charge in [0.25, 0.3) is 5.69 Å². The van der Waals surface area contributed by atoms with Crippen molar-refractivity contribution in [2.45, 2.75) is 6.54 Å². The van der Waals surface area contributed by atoms with E-state index in [9.17, 15) is 10.1 Å². The summed E-state index contributed by atoms with van der Waals surface area (Å²) in [5.74, 6) is 1.05. The molecule has 0 unspecified atom stereocenters. The van der Waals surface area contributed by atoms with E-state index in [1.807, 2.05) is 13.1 Å². The van der Waals surface area contributed by atoms with Gasteiger partial charge < -0.3 is 10.6 Å². The molecule has 17 heavy (non-hydrogen) atoms. The Morgan fingerprint density at radius 3 is 2.82 bits per heavy atom. The van der Waals surface area contributed by atoms with E-state index in [4.69, 9.17) is 5.73 Å². The first-order chi connectivity index (χ1) is 8.04. The molecular weight excluding hydrogens is 238 g/mol. The van der Waals surface area contributed by atoms with Gasteiger partial charge in [-0.2, -0.15) is 11.8 Å². The number of anilines is 1. The minimum absolute atomic E-state index is 0.0132. The van der Waals surface area contributed by atoms with Gasteiger partial charge in [0.15, 0.2) is 0 Å². The van der Waals surface area contributed by atoms with Crippen LogP contribution < -0.4 is 5.73 Å². The second kappa shape index (κ2) is 6.46. The Labute approximate surface area is 105 Å². The summed E-state index contributed by atoms with van der Waals surface area (Å²) in [6.45, 7) is 1.65. The predicted molar refractivity (Wildman–Crippen MR) is 72.2 cm³/mol. The van der Waals surface area contributed by atoms with Crippen LogP contribution in [0.1, 0.15) is 5.56 Å². The Hall–Kier alpha value is -1.27. The van der Waals surface area contributed by atoms with E-state index in [-0.39, 0.29) is 11.4 Å². The lowest BCUT2D eigenvalue weighted by Crippen LogP contribution is -2.20. The average Bonchev–Trinajstić information content (AvgIpc) is 2.28. The SMILES string of the molecule is CSCCN(C)Cc1ccc(N)c([N+](=O)[O-])c1. The number of thioether (sulfide) groups is 1. The normalized spacial score (nSPS) is 10.8. The first-order valence-corrected chi connectivity index (χ1v) is 6.64. The number of rotatable bonds is 6. The summed E-state index contributed by atoms with van der Waals surface area (Å²) in [6, 6.07) is 4.97. The molecule has 94 valence electrons. The molecule has 6 heteroatoms. The van der Waals surface area contributed by atoms with Crippen molar-refractivity contribution in [1.82, 2.24) is 4.90 Å². The van der Waals surface area contributed by atoms with Crippen LogP contribution in [0.4, 0.5) is 11.4 Å². The molecule has 5 nitrogen and oxygen atoms in total. The van der Waals surface area contributed by atoms with E-state index in [2.05, 4.69) is 11.2 Å². The van der Waals surface area contributed by atoms with Crippen molar-refractivity contribution >= 4 is 23.1 Å². The van der Waals surface area contributed by atoms with Gasteiger partial charge in [-0.25, -0.2) is 0 Å². The molecule has 0 amide bonds. The van der Waals surface area contributed by atoms with Crippen LogP contribution in [0.15, 0.2) is 18.2 Å². The van der Waals surface area contributed by atoms with Crippen LogP contribution in [0.3, 0.4) is 0 Å². The van der Waals surface area contributed by atoms with E-state index in [1.165, 1.54) is 0 Å². The van der Waals surface area contributed by atoms with Gasteiger partial charge in [0, 0.05) is 24.9 Å². The van der Waals surface area contributed by atoms with E-state index >= 15 is 0 Å². The Kier molecular flexibility index (Phi) is 5.24. The van der Waals surface area contributed by atoms with Crippen LogP contribution in [0.5, 0.6) is 0 Å². The smallest absolute Gasteiger partial charge is 0.292 e. The number of nitro benzene ring substituents is 1. The highest BCUT2D eigenvalue weighted by atomic mass is 32.2. The van der Waals surface area contributed by atoms with E-state index in [1.54, 1.807) is 23.9 Å². The zero-order valence-electron chi connectivity index (χ0n) is 10.0. The summed E-state index contributed by atoms with van der Waals surface area (Å²) in [5.41, 5.74) is 6.65. The van der Waals surface area contributed by atoms with Crippen LogP contribution >= 0.6 is 11.8 Å². The minimum atomic E-state index is -0.444. The molecule has 0 aliphatic carbocycles. The number of nitro groups is 1. The number of nitrogens with two attached hydrogens (primary N) is 1. The third kappa shape index (κ3) is 4.24. The van der Waals surface area contributed by atoms with Crippen molar-refractivity contribution in [2.75, 3.05) is 31.3 Å². The Morgan fingerprint density at radius 2 is 2.24 bits per heavy atom. The number of hydrogen-bond donors (Lipinski definition) is 1. The van der Waals surface area contributed by atoms with Gasteiger partial charge in [-0.3, -0.25) is 10.1 Å². The lowest BCUT2D eigenvalue weighted by molar-refractivity contribution is -0.384. The summed E-state index contributed by atoms with van der Waals surface area (Å²) in [5, 5.41) is 10.7. The van der Waals surface area contributed by atoms with E-state index in [0.29, 0.717) is 6.54 Å². The van der Waals surface area contributed by atoms with Crippen molar-refractivity contribution < 1.29 is 4.92 Å². The molecule has 1 rings (SSSR count). The van der Waals surface area contributed by atoms with Gasteiger partial charge in [-0.1, -0.05) is 6.07 Å². The topological polar surface area (TPSA) is 72.4 Å². The largest absolute Gasteiger partial charge is 0.393 e. The fourth-order valence-corrected chi connectivity index (χ4v) is 1.98. The van der Waals surface area contributed by atoms with E-state index in [0.717, 1.165) is 17.9 Å². The molecule has 0 aliphatic heterocycles. The molecule has 0 atom stereocenters. The second-order valence-corrected chi connectivity index (χ2v) is 4.87. The lowest BCUT2D eigenvalue weighted by Gasteiger charge is -2.15. The van der Waals surface area contributed by atoms with Crippen LogP contribution in [0, 0.1) is 10.1 Å². The third-order valence-electron chi connectivity index (χ3n) is 2.42. The van der Waals surface area contributed by atoms with Crippen LogP contribution in [0.2, 0.25) is 0 Å². The maximum absolute atomic E-state index is 10.7. The summed E-state index contributed by atoms with van der Waals surface area (Å²) in [6.07, 6.45) is 2.06. The summed E-state index contributed by atoms with van der Waals surface area (Å²) >= 11 is 1.78. The molecule has 0 radical (unpaired) electrons. The van der Waals surface area contributed by atoms with Gasteiger partial charge >= 0.3 is 0 Å². The molecule has 0 aromatic heterocycles. The van der Waals surface area contributed by atoms with Crippen molar-refractivity contribution in [3.05, 3.63) is 33.9 Å². The fourth-order valence-electron chi connectivity index (χ4n) is 1.48. The summed E-state index contributed by atoms with van der Waals surface area (Å²) < 4.78 is 0. The quantitative estimate of drug-likeness (QED) is 0.478. The standard InChI is InChI=1S/C11H17N3O2S/c1-13(5-6-17-2)8-9-3-4-10(12)11(7-9)14(15)16/h3-4,7H,5-6,8,12H2,1-2H3. The van der Waals surface area contributed by atoms with Gasteiger partial charge in [0.05, 0.1) is 4.92 Å². The highest BCUT2D eigenvalue weighted by molar-refractivity contribution is 7.98. The van der Waals surface area contributed by atoms with Gasteiger partial charge in [-0.15, -0.1) is 0 Å². The monoisotopic (exact) mass is 255 g/mol. The minimum Gasteiger partial charge on any atom is -0.393 e. The zero-order chi connectivity index (χ0) is 12.8. The molecule has 0 saturated heterocycles. The number of benzene rings is 1. The number of hydrogen-bond acceptors (Lipinski definition) is 5. The zero-order valence-corrected chi connectivity index (χ0v) is 10.9. The first kappa shape index (κ1) is 13.8. The van der Waals surface area contributed by atoms with Crippen LogP contribution in [-0.2, 0) is 6.54 Å². The lowest BCUT2D eigenvalue weighted by atomic mass is 10.1. The molecule has 2 N–H and O–H groups in total. The first-order valence-electron chi connectivity index (χ1n) is 5.25. The molecular formula is C11H17N3O2S. The average molecular weight is 255 g/mol. The highest BCUT2D eigenvalue weighted by Crippen LogP contribution is 2.22. The van der Waals surface area contributed by atoms with Gasteiger partial charge in [-0.05, 0) is 24.9 Å². The predicted octanol–water partition coefficient (Wildman–Crippen LogP) is 1.97. The van der Waals surface area contributed by atoms with Gasteiger partial charge in [0.2, 0.25) is 0 Å². The molecule has 0 spiro atoms. The highest BCUT2D eigenvalue weighted by Gasteiger charge is 2.12. The fraction of sp³-hybridized carbons (Fsp3) is 0.455. The second-order valence-electron chi connectivity index (χ2n) is 3.88. The molecule has 1 aromatic rings. The number of nitrogens with zero attached hydrogens (tertiary/aromatic N) is 2. The maximum Gasteiger partial charge on any atom is 0.292 e. The molecule has 0 saturated carbocycles. The van der Waals surface area contributed by atoms with Crippen molar-refractivity contribution in [3.63, 3.8) is 0 Å². The van der Waals surface area contributed by atoms with Crippen molar-refractivity contribution in [1.29, 1.82) is 0 Å². The van der Waals surface area contributed by atoms with Crippen molar-refractivity contribution in [3.8, 4) is 0 Å². The van der Waals surface area contributed by atoms with Crippen LogP contribution in [0.25, 0.3) is 0 Å². The maximum atomic E-state index is 10.7. The Balaban J connectivity index is 2.72. The van der Waals surface area contributed by atoms with Crippen molar-refractivity contribution in [2.24, 2.45) is 0 Å². The molecule has 0 bridgehead atoms. The molecule has 0 fully saturated rings. The Morgan fingerprint density at radius 1 is 1.53 bits per heavy atom. The van der Waals surface area contributed by atoms with Crippen LogP contribution in [-0.4, -0.2) is 35.4 Å². The molecule has 0 aliphatic rings. The van der Waals surface area contributed by atoms with E-state index < -0.39 is 4.92 Å². The number of nitrogen functional groups attached to an aromatic ring is 1.